The number of fused-ring (bicyclic) bond motifs is 1. The summed E-state index contributed by atoms with van der Waals surface area (Å²) in [5, 5.41) is 8.79. The van der Waals surface area contributed by atoms with Gasteiger partial charge >= 0.3 is 0 Å². The van der Waals surface area contributed by atoms with Crippen molar-refractivity contribution in [1.82, 2.24) is 10.2 Å². The summed E-state index contributed by atoms with van der Waals surface area (Å²) in [6.45, 7) is 2.06. The molecule has 150 valence electrons. The van der Waals surface area contributed by atoms with Crippen molar-refractivity contribution in [1.29, 1.82) is 0 Å². The van der Waals surface area contributed by atoms with Gasteiger partial charge in [0.15, 0.2) is 0 Å². The fraction of sp³-hybridized carbons (Fsp3) is 0.211. The van der Waals surface area contributed by atoms with E-state index in [9.17, 15) is 13.2 Å². The van der Waals surface area contributed by atoms with Gasteiger partial charge in [-0.15, -0.1) is 10.2 Å². The minimum absolute atomic E-state index is 0.0580. The lowest BCUT2D eigenvalue weighted by molar-refractivity contribution is -0.116. The molecule has 1 amide bonds. The number of carbonyl (C=O) groups is 1. The van der Waals surface area contributed by atoms with Crippen LogP contribution in [0.1, 0.15) is 12.5 Å². The zero-order valence-electron chi connectivity index (χ0n) is 15.7. The van der Waals surface area contributed by atoms with E-state index in [0.717, 1.165) is 33.9 Å². The van der Waals surface area contributed by atoms with E-state index in [1.54, 1.807) is 36.3 Å². The Balaban J connectivity index is 1.55. The second-order valence-electron chi connectivity index (χ2n) is 6.46. The quantitative estimate of drug-likeness (QED) is 0.668. The Morgan fingerprint density at radius 2 is 1.93 bits per heavy atom. The fourth-order valence-electron chi connectivity index (χ4n) is 3.16. The van der Waals surface area contributed by atoms with Gasteiger partial charge in [0.1, 0.15) is 10.8 Å². The molecule has 1 N–H and O–H groups in total. The minimum Gasteiger partial charge on any atom is -0.497 e. The molecule has 1 aromatic heterocycles. The molecule has 0 saturated heterocycles. The van der Waals surface area contributed by atoms with E-state index in [4.69, 9.17) is 4.74 Å². The van der Waals surface area contributed by atoms with Crippen LogP contribution in [-0.4, -0.2) is 38.2 Å². The molecular formula is C19H18N4O4S2. The van der Waals surface area contributed by atoms with Crippen LogP contribution in [0.4, 0.5) is 10.8 Å². The van der Waals surface area contributed by atoms with Crippen LogP contribution < -0.4 is 14.4 Å². The number of carbonyl (C=O) groups excluding carboxylic acids is 1. The molecule has 0 radical (unpaired) electrons. The standard InChI is InChI=1S/C19H18N4O4S2/c1-12(24)23-10-9-14-11-16(7-8-17(14)23)29(25,26)22-19-21-20-18(28-19)13-3-5-15(27-2)6-4-13/h3-8,11H,9-10H2,1-2H3,(H,21,22). The zero-order valence-corrected chi connectivity index (χ0v) is 17.4. The third-order valence-corrected chi connectivity index (χ3v) is 6.97. The number of nitrogens with zero attached hydrogens (tertiary/aromatic N) is 3. The molecule has 0 bridgehead atoms. The highest BCUT2D eigenvalue weighted by Crippen LogP contribution is 2.32. The van der Waals surface area contributed by atoms with Gasteiger partial charge < -0.3 is 9.64 Å². The Morgan fingerprint density at radius 1 is 1.17 bits per heavy atom. The van der Waals surface area contributed by atoms with Crippen LogP contribution in [0.5, 0.6) is 5.75 Å². The van der Waals surface area contributed by atoms with E-state index in [-0.39, 0.29) is 15.9 Å². The summed E-state index contributed by atoms with van der Waals surface area (Å²) in [7, 11) is -2.23. The fourth-order valence-corrected chi connectivity index (χ4v) is 5.19. The lowest BCUT2D eigenvalue weighted by Gasteiger charge is -2.14. The average molecular weight is 431 g/mol. The van der Waals surface area contributed by atoms with Crippen molar-refractivity contribution < 1.29 is 17.9 Å². The molecule has 8 nitrogen and oxygen atoms in total. The maximum Gasteiger partial charge on any atom is 0.263 e. The van der Waals surface area contributed by atoms with Crippen molar-refractivity contribution in [2.24, 2.45) is 0 Å². The molecule has 0 fully saturated rings. The molecule has 2 aromatic carbocycles. The van der Waals surface area contributed by atoms with Crippen molar-refractivity contribution in [3.63, 3.8) is 0 Å². The molecular weight excluding hydrogens is 412 g/mol. The van der Waals surface area contributed by atoms with Gasteiger partial charge in [0.2, 0.25) is 11.0 Å². The third kappa shape index (κ3) is 3.81. The van der Waals surface area contributed by atoms with Gasteiger partial charge in [-0.3, -0.25) is 9.52 Å². The number of nitrogens with one attached hydrogen (secondary N) is 1. The first-order valence-corrected chi connectivity index (χ1v) is 11.1. The Kier molecular flexibility index (Phi) is 4.97. The molecule has 0 saturated carbocycles. The van der Waals surface area contributed by atoms with Crippen LogP contribution >= 0.6 is 11.3 Å². The number of hydrogen-bond donors (Lipinski definition) is 1. The van der Waals surface area contributed by atoms with Gasteiger partial charge in [0, 0.05) is 24.7 Å². The van der Waals surface area contributed by atoms with Crippen molar-refractivity contribution in [2.45, 2.75) is 18.2 Å². The van der Waals surface area contributed by atoms with E-state index in [1.165, 1.54) is 13.0 Å². The molecule has 2 heterocycles. The summed E-state index contributed by atoms with van der Waals surface area (Å²) < 4.78 is 33.2. The van der Waals surface area contributed by atoms with Crippen LogP contribution in [0.25, 0.3) is 10.6 Å². The molecule has 10 heteroatoms. The van der Waals surface area contributed by atoms with Crippen molar-refractivity contribution in [2.75, 3.05) is 23.3 Å². The zero-order chi connectivity index (χ0) is 20.6. The van der Waals surface area contributed by atoms with Crippen LogP contribution in [0.15, 0.2) is 47.4 Å². The molecule has 0 unspecified atom stereocenters. The SMILES string of the molecule is COc1ccc(-c2nnc(NS(=O)(=O)c3ccc4c(c3)CCN4C(C)=O)s2)cc1. The lowest BCUT2D eigenvalue weighted by atomic mass is 10.2. The number of aromatic nitrogens is 2. The van der Waals surface area contributed by atoms with Crippen molar-refractivity contribution in [3.05, 3.63) is 48.0 Å². The van der Waals surface area contributed by atoms with E-state index in [1.807, 2.05) is 12.1 Å². The number of ether oxygens (including phenoxy) is 1. The summed E-state index contributed by atoms with van der Waals surface area (Å²) in [6, 6.07) is 12.0. The molecule has 0 spiro atoms. The van der Waals surface area contributed by atoms with E-state index in [2.05, 4.69) is 14.9 Å². The predicted octanol–water partition coefficient (Wildman–Crippen LogP) is 2.92. The summed E-state index contributed by atoms with van der Waals surface area (Å²) in [4.78, 5) is 13.4. The number of benzene rings is 2. The highest BCUT2D eigenvalue weighted by atomic mass is 32.2. The Hall–Kier alpha value is -2.98. The summed E-state index contributed by atoms with van der Waals surface area (Å²) in [5.74, 6) is 0.663. The van der Waals surface area contributed by atoms with Gasteiger partial charge in [-0.25, -0.2) is 8.42 Å². The highest BCUT2D eigenvalue weighted by Gasteiger charge is 2.25. The normalized spacial score (nSPS) is 13.2. The van der Waals surface area contributed by atoms with E-state index >= 15 is 0 Å². The molecule has 4 rings (SSSR count). The van der Waals surface area contributed by atoms with Gasteiger partial charge in [-0.2, -0.15) is 0 Å². The second-order valence-corrected chi connectivity index (χ2v) is 9.12. The smallest absolute Gasteiger partial charge is 0.263 e. The van der Waals surface area contributed by atoms with Crippen LogP contribution in [0.3, 0.4) is 0 Å². The number of hydrogen-bond acceptors (Lipinski definition) is 7. The highest BCUT2D eigenvalue weighted by molar-refractivity contribution is 7.93. The van der Waals surface area contributed by atoms with Gasteiger partial charge in [0.05, 0.1) is 12.0 Å². The Morgan fingerprint density at radius 3 is 2.62 bits per heavy atom. The minimum atomic E-state index is -3.82. The average Bonchev–Trinajstić information content (AvgIpc) is 3.34. The predicted molar refractivity (Wildman–Crippen MR) is 111 cm³/mol. The Labute approximate surface area is 172 Å². The van der Waals surface area contributed by atoms with E-state index < -0.39 is 10.0 Å². The molecule has 1 aliphatic rings. The number of sulfonamides is 1. The van der Waals surface area contributed by atoms with Crippen LogP contribution in [0.2, 0.25) is 0 Å². The van der Waals surface area contributed by atoms with Gasteiger partial charge in [0.25, 0.3) is 10.0 Å². The molecule has 0 atom stereocenters. The van der Waals surface area contributed by atoms with Crippen molar-refractivity contribution in [3.8, 4) is 16.3 Å². The first kappa shape index (κ1) is 19.3. The summed E-state index contributed by atoms with van der Waals surface area (Å²) in [5.41, 5.74) is 2.41. The van der Waals surface area contributed by atoms with Crippen molar-refractivity contribution >= 4 is 38.1 Å². The summed E-state index contributed by atoms with van der Waals surface area (Å²) in [6.07, 6.45) is 0.624. The molecule has 3 aromatic rings. The maximum atomic E-state index is 12.8. The third-order valence-electron chi connectivity index (χ3n) is 4.62. The lowest BCUT2D eigenvalue weighted by Crippen LogP contribution is -2.25. The second kappa shape index (κ2) is 7.45. The van der Waals surface area contributed by atoms with E-state index in [0.29, 0.717) is 18.0 Å². The topological polar surface area (TPSA) is 101 Å². The van der Waals surface area contributed by atoms with Crippen LogP contribution in [0, 0.1) is 0 Å². The number of methoxy groups -OCH3 is 1. The van der Waals surface area contributed by atoms with Gasteiger partial charge in [-0.1, -0.05) is 11.3 Å². The molecule has 29 heavy (non-hydrogen) atoms. The number of anilines is 2. The molecule has 0 aliphatic carbocycles. The first-order chi connectivity index (χ1) is 13.9. The molecule has 1 aliphatic heterocycles. The first-order valence-electron chi connectivity index (χ1n) is 8.79. The number of rotatable bonds is 5. The number of amides is 1. The summed E-state index contributed by atoms with van der Waals surface area (Å²) >= 11 is 1.14. The maximum absolute atomic E-state index is 12.8. The Bertz CT molecular complexity index is 1170. The van der Waals surface area contributed by atoms with Crippen LogP contribution in [-0.2, 0) is 21.2 Å². The van der Waals surface area contributed by atoms with Gasteiger partial charge in [-0.05, 0) is 54.4 Å². The monoisotopic (exact) mass is 430 g/mol. The largest absolute Gasteiger partial charge is 0.497 e.